The van der Waals surface area contributed by atoms with Gasteiger partial charge in [0.15, 0.2) is 0 Å². The van der Waals surface area contributed by atoms with E-state index < -0.39 is 33.7 Å². The summed E-state index contributed by atoms with van der Waals surface area (Å²) >= 11 is -5.27. The zero-order valence-corrected chi connectivity index (χ0v) is 10.3. The van der Waals surface area contributed by atoms with Crippen molar-refractivity contribution in [1.82, 2.24) is 0 Å². The summed E-state index contributed by atoms with van der Waals surface area (Å²) in [7, 11) is 0. The van der Waals surface area contributed by atoms with Crippen LogP contribution in [-0.2, 0) is 22.2 Å². The average Bonchev–Trinajstić information content (AvgIpc) is 2.26. The number of phenolic OH excluding ortho intramolecular Hbond substituents is 2. The third-order valence-electron chi connectivity index (χ3n) is 2.35. The van der Waals surface area contributed by atoms with E-state index in [1.165, 1.54) is 0 Å². The molecule has 0 bridgehead atoms. The molecule has 0 spiro atoms. The van der Waals surface area contributed by atoms with Crippen LogP contribution < -0.4 is 0 Å². The van der Waals surface area contributed by atoms with Crippen molar-refractivity contribution in [2.75, 3.05) is 0 Å². The van der Waals surface area contributed by atoms with Crippen LogP contribution in [0.5, 0.6) is 11.5 Å². The molecule has 0 aliphatic carbocycles. The molecule has 2 aromatic carbocycles. The van der Waals surface area contributed by atoms with Gasteiger partial charge in [-0.25, -0.2) is 0 Å². The molecular weight excluding hydrogens is 280 g/mol. The van der Waals surface area contributed by atoms with Crippen molar-refractivity contribution in [3.05, 3.63) is 24.3 Å². The number of hydrogen-bond acceptors (Lipinski definition) is 6. The van der Waals surface area contributed by atoms with Gasteiger partial charge in [0.2, 0.25) is 0 Å². The Bertz CT molecular complexity index is 627. The van der Waals surface area contributed by atoms with E-state index in [1.807, 2.05) is 0 Å². The van der Waals surface area contributed by atoms with Crippen LogP contribution in [0.3, 0.4) is 0 Å². The van der Waals surface area contributed by atoms with Gasteiger partial charge in [-0.3, -0.25) is 8.42 Å². The van der Waals surface area contributed by atoms with Crippen molar-refractivity contribution in [2.45, 2.75) is 9.79 Å². The molecule has 0 aromatic heterocycles. The van der Waals surface area contributed by atoms with Crippen LogP contribution >= 0.6 is 0 Å². The predicted molar refractivity (Wildman–Crippen MR) is 61.6 cm³/mol. The maximum atomic E-state index is 10.8. The molecule has 0 aliphatic heterocycles. The number of hydrogen-bond donors (Lipinski definition) is 2. The predicted octanol–water partition coefficient (Wildman–Crippen LogP) is 0.727. The molecule has 2 unspecified atom stereocenters. The van der Waals surface area contributed by atoms with Crippen LogP contribution in [0.1, 0.15) is 0 Å². The molecule has 8 heteroatoms. The summed E-state index contributed by atoms with van der Waals surface area (Å²) < 4.78 is 43.3. The highest BCUT2D eigenvalue weighted by molar-refractivity contribution is 7.79. The minimum Gasteiger partial charge on any atom is -0.768 e. The van der Waals surface area contributed by atoms with Crippen molar-refractivity contribution in [3.8, 4) is 11.5 Å². The van der Waals surface area contributed by atoms with Crippen LogP contribution in [0.15, 0.2) is 34.1 Å². The van der Waals surface area contributed by atoms with Gasteiger partial charge in [0.1, 0.15) is 11.5 Å². The first kappa shape index (κ1) is 13.0. The monoisotopic (exact) mass is 286 g/mol. The van der Waals surface area contributed by atoms with Gasteiger partial charge in [-0.05, 0) is 57.2 Å². The second-order valence-electron chi connectivity index (χ2n) is 3.46. The SMILES string of the molecule is O=S([O-])c1cc2cc(S(=O)[O-])c(O)cc2cc1O. The maximum Gasteiger partial charge on any atom is 0.131 e. The lowest BCUT2D eigenvalue weighted by molar-refractivity contribution is 0.454. The lowest BCUT2D eigenvalue weighted by Crippen LogP contribution is -1.93. The van der Waals surface area contributed by atoms with Crippen molar-refractivity contribution in [1.29, 1.82) is 0 Å². The Hall–Kier alpha value is -1.48. The van der Waals surface area contributed by atoms with Gasteiger partial charge in [0.05, 0.1) is 9.79 Å². The van der Waals surface area contributed by atoms with Crippen LogP contribution in [-0.4, -0.2) is 27.7 Å². The van der Waals surface area contributed by atoms with Gasteiger partial charge in [0.25, 0.3) is 0 Å². The van der Waals surface area contributed by atoms with E-state index in [9.17, 15) is 27.7 Å². The number of benzene rings is 2. The van der Waals surface area contributed by atoms with E-state index in [1.54, 1.807) is 0 Å². The average molecular weight is 286 g/mol. The summed E-state index contributed by atoms with van der Waals surface area (Å²) in [6.45, 7) is 0. The Kier molecular flexibility index (Phi) is 3.35. The normalized spacial score (nSPS) is 14.6. The van der Waals surface area contributed by atoms with E-state index in [-0.39, 0.29) is 15.2 Å². The summed E-state index contributed by atoms with van der Waals surface area (Å²) in [6.07, 6.45) is 0. The molecule has 2 aromatic rings. The Morgan fingerprint density at radius 3 is 1.44 bits per heavy atom. The van der Waals surface area contributed by atoms with Crippen molar-refractivity contribution >= 4 is 32.9 Å². The van der Waals surface area contributed by atoms with Crippen molar-refractivity contribution in [2.24, 2.45) is 0 Å². The Balaban J connectivity index is 2.79. The first-order chi connectivity index (χ1) is 8.40. The summed E-state index contributed by atoms with van der Waals surface area (Å²) in [4.78, 5) is -0.674. The fourth-order valence-electron chi connectivity index (χ4n) is 1.55. The topological polar surface area (TPSA) is 121 Å². The Labute approximate surface area is 106 Å². The van der Waals surface area contributed by atoms with Gasteiger partial charge in [-0.15, -0.1) is 0 Å². The van der Waals surface area contributed by atoms with Crippen LogP contribution in [0.4, 0.5) is 0 Å². The van der Waals surface area contributed by atoms with Gasteiger partial charge in [-0.2, -0.15) is 0 Å². The van der Waals surface area contributed by atoms with Crippen molar-refractivity contribution < 1.29 is 27.7 Å². The summed E-state index contributed by atoms with van der Waals surface area (Å²) in [5.74, 6) is -0.933. The molecule has 6 nitrogen and oxygen atoms in total. The number of rotatable bonds is 2. The van der Waals surface area contributed by atoms with E-state index in [0.717, 1.165) is 24.3 Å². The largest absolute Gasteiger partial charge is 0.768 e. The van der Waals surface area contributed by atoms with Crippen LogP contribution in [0.2, 0.25) is 0 Å². The third-order valence-corrected chi connectivity index (χ3v) is 3.73. The molecule has 2 rings (SSSR count). The molecule has 0 amide bonds. The highest BCUT2D eigenvalue weighted by Gasteiger charge is 2.09. The summed E-state index contributed by atoms with van der Waals surface area (Å²) in [6, 6.07) is 4.53. The second kappa shape index (κ2) is 4.65. The van der Waals surface area contributed by atoms with Gasteiger partial charge >= 0.3 is 0 Å². The zero-order chi connectivity index (χ0) is 13.4. The quantitative estimate of drug-likeness (QED) is 0.785. The number of phenols is 2. The van der Waals surface area contributed by atoms with E-state index in [2.05, 4.69) is 0 Å². The molecule has 18 heavy (non-hydrogen) atoms. The molecule has 96 valence electrons. The lowest BCUT2D eigenvalue weighted by atomic mass is 10.1. The summed E-state index contributed by atoms with van der Waals surface area (Å²) in [5.41, 5.74) is 0. The minimum atomic E-state index is -2.64. The highest BCUT2D eigenvalue weighted by atomic mass is 32.2. The van der Waals surface area contributed by atoms with E-state index >= 15 is 0 Å². The van der Waals surface area contributed by atoms with Gasteiger partial charge < -0.3 is 19.3 Å². The lowest BCUT2D eigenvalue weighted by Gasteiger charge is -2.12. The van der Waals surface area contributed by atoms with Gasteiger partial charge in [-0.1, -0.05) is 0 Å². The molecule has 2 atom stereocenters. The first-order valence-corrected chi connectivity index (χ1v) is 6.73. The fourth-order valence-corrected chi connectivity index (χ4v) is 2.46. The van der Waals surface area contributed by atoms with Crippen LogP contribution in [0, 0.1) is 0 Å². The zero-order valence-electron chi connectivity index (χ0n) is 8.65. The number of aromatic hydroxyl groups is 2. The maximum absolute atomic E-state index is 10.8. The Morgan fingerprint density at radius 2 is 1.11 bits per heavy atom. The molecule has 0 radical (unpaired) electrons. The first-order valence-electron chi connectivity index (χ1n) is 4.58. The van der Waals surface area contributed by atoms with Crippen molar-refractivity contribution in [3.63, 3.8) is 0 Å². The molecule has 0 aliphatic rings. The minimum absolute atomic E-state index is 0.281. The Morgan fingerprint density at radius 1 is 0.778 bits per heavy atom. The standard InChI is InChI=1S/C10H8O6S2/c11-7-1-5-2-8(12)10(18(15)16)4-6(5)3-9(7)17(13)14/h1-4,11-12H,(H,13,14)(H,15,16)/p-2. The molecule has 0 saturated heterocycles. The smallest absolute Gasteiger partial charge is 0.131 e. The van der Waals surface area contributed by atoms with Gasteiger partial charge in [0, 0.05) is 0 Å². The highest BCUT2D eigenvalue weighted by Crippen LogP contribution is 2.32. The molecule has 0 saturated carbocycles. The third kappa shape index (κ3) is 2.23. The number of fused-ring (bicyclic) bond motifs is 1. The van der Waals surface area contributed by atoms with E-state index in [4.69, 9.17) is 0 Å². The summed E-state index contributed by atoms with van der Waals surface area (Å²) in [5, 5.41) is 19.5. The molecule has 0 heterocycles. The molecular formula is C10H6O6S2-2. The molecule has 2 N–H and O–H groups in total. The second-order valence-corrected chi connectivity index (χ2v) is 5.27. The fraction of sp³-hybridized carbons (Fsp3) is 0. The van der Waals surface area contributed by atoms with Crippen LogP contribution in [0.25, 0.3) is 10.8 Å². The van der Waals surface area contributed by atoms with E-state index in [0.29, 0.717) is 5.39 Å². The molecule has 0 fully saturated rings.